The standard InChI is InChI=1S/C23H23N5OS/c1-3-15-28-22(19-8-5-4-6-9-19)25-26-23(28)30-17-21(29)27(16-7-14-24)20-12-10-18(2)11-13-20/h3-6,8-13H,1,7,15-17H2,2H3. The Hall–Kier alpha value is -3.37. The zero-order valence-electron chi connectivity index (χ0n) is 16.9. The van der Waals surface area contributed by atoms with Crippen molar-refractivity contribution in [3.05, 3.63) is 72.8 Å². The second-order valence-corrected chi connectivity index (χ2v) is 7.59. The molecule has 0 radical (unpaired) electrons. The number of hydrogen-bond acceptors (Lipinski definition) is 5. The molecule has 0 spiro atoms. The van der Waals surface area contributed by atoms with Crippen LogP contribution in [0.1, 0.15) is 12.0 Å². The third-order valence-corrected chi connectivity index (χ3v) is 5.43. The van der Waals surface area contributed by atoms with Crippen molar-refractivity contribution in [2.45, 2.75) is 25.0 Å². The smallest absolute Gasteiger partial charge is 0.237 e. The van der Waals surface area contributed by atoms with Crippen LogP contribution in [-0.4, -0.2) is 33.0 Å². The van der Waals surface area contributed by atoms with Gasteiger partial charge in [0.2, 0.25) is 5.91 Å². The van der Waals surface area contributed by atoms with Gasteiger partial charge in [0.15, 0.2) is 11.0 Å². The van der Waals surface area contributed by atoms with E-state index in [1.54, 1.807) is 11.0 Å². The number of aromatic nitrogens is 3. The molecule has 0 aliphatic rings. The number of hydrogen-bond donors (Lipinski definition) is 0. The van der Waals surface area contributed by atoms with Crippen molar-refractivity contribution in [1.82, 2.24) is 14.8 Å². The molecule has 0 unspecified atom stereocenters. The molecule has 1 aromatic heterocycles. The molecule has 0 aliphatic heterocycles. The lowest BCUT2D eigenvalue weighted by atomic mass is 10.2. The first-order valence-corrected chi connectivity index (χ1v) is 10.6. The van der Waals surface area contributed by atoms with Gasteiger partial charge in [0.25, 0.3) is 0 Å². The van der Waals surface area contributed by atoms with Gasteiger partial charge in [-0.15, -0.1) is 16.8 Å². The average molecular weight is 418 g/mol. The summed E-state index contributed by atoms with van der Waals surface area (Å²) in [5, 5.41) is 18.3. The van der Waals surface area contributed by atoms with Crippen LogP contribution in [0.3, 0.4) is 0 Å². The zero-order valence-corrected chi connectivity index (χ0v) is 17.7. The molecule has 0 atom stereocenters. The third kappa shape index (κ3) is 5.16. The lowest BCUT2D eigenvalue weighted by molar-refractivity contribution is -0.116. The van der Waals surface area contributed by atoms with Crippen molar-refractivity contribution in [2.24, 2.45) is 0 Å². The van der Waals surface area contributed by atoms with Crippen LogP contribution >= 0.6 is 11.8 Å². The minimum Gasteiger partial charge on any atom is -0.311 e. The van der Waals surface area contributed by atoms with Gasteiger partial charge in [0.1, 0.15) is 0 Å². The van der Waals surface area contributed by atoms with Gasteiger partial charge in [-0.1, -0.05) is 65.9 Å². The molecule has 0 N–H and O–H groups in total. The average Bonchev–Trinajstić information content (AvgIpc) is 3.17. The molecule has 3 aromatic rings. The maximum atomic E-state index is 13.0. The Morgan fingerprint density at radius 2 is 1.93 bits per heavy atom. The number of carbonyl (C=O) groups is 1. The maximum absolute atomic E-state index is 13.0. The van der Waals surface area contributed by atoms with Crippen LogP contribution in [0.25, 0.3) is 11.4 Å². The topological polar surface area (TPSA) is 74.8 Å². The van der Waals surface area contributed by atoms with Crippen LogP contribution in [0, 0.1) is 18.3 Å². The number of rotatable bonds is 9. The third-order valence-electron chi connectivity index (χ3n) is 4.48. The summed E-state index contributed by atoms with van der Waals surface area (Å²) in [5.41, 5.74) is 2.87. The highest BCUT2D eigenvalue weighted by atomic mass is 32.2. The highest BCUT2D eigenvalue weighted by Gasteiger charge is 2.19. The summed E-state index contributed by atoms with van der Waals surface area (Å²) in [6.07, 6.45) is 2.06. The molecule has 6 nitrogen and oxygen atoms in total. The molecular weight excluding hydrogens is 394 g/mol. The Morgan fingerprint density at radius 1 is 1.20 bits per heavy atom. The number of thioether (sulfide) groups is 1. The Labute approximate surface area is 180 Å². The number of aryl methyl sites for hydroxylation is 1. The first-order chi connectivity index (χ1) is 14.6. The van der Waals surface area contributed by atoms with E-state index in [0.717, 1.165) is 22.6 Å². The molecule has 3 rings (SSSR count). The summed E-state index contributed by atoms with van der Waals surface area (Å²) >= 11 is 1.34. The van der Waals surface area contributed by atoms with E-state index in [9.17, 15) is 4.79 Å². The van der Waals surface area contributed by atoms with Gasteiger partial charge in [-0.05, 0) is 19.1 Å². The van der Waals surface area contributed by atoms with Crippen LogP contribution in [0.4, 0.5) is 5.69 Å². The normalized spacial score (nSPS) is 10.4. The fourth-order valence-electron chi connectivity index (χ4n) is 2.98. The summed E-state index contributed by atoms with van der Waals surface area (Å²) in [5.74, 6) is 0.863. The van der Waals surface area contributed by atoms with E-state index >= 15 is 0 Å². The van der Waals surface area contributed by atoms with Gasteiger partial charge >= 0.3 is 0 Å². The lowest BCUT2D eigenvalue weighted by Gasteiger charge is -2.21. The van der Waals surface area contributed by atoms with Gasteiger partial charge in [-0.25, -0.2) is 0 Å². The number of benzene rings is 2. The minimum atomic E-state index is -0.0754. The largest absolute Gasteiger partial charge is 0.311 e. The molecule has 30 heavy (non-hydrogen) atoms. The fourth-order valence-corrected chi connectivity index (χ4v) is 3.80. The van der Waals surface area contributed by atoms with E-state index in [4.69, 9.17) is 5.26 Å². The van der Waals surface area contributed by atoms with Gasteiger partial charge < -0.3 is 4.90 Å². The molecule has 0 saturated carbocycles. The van der Waals surface area contributed by atoms with Crippen LogP contribution in [0.2, 0.25) is 0 Å². The van der Waals surface area contributed by atoms with E-state index in [2.05, 4.69) is 22.8 Å². The molecule has 0 fully saturated rings. The Balaban J connectivity index is 1.78. The van der Waals surface area contributed by atoms with Crippen molar-refractivity contribution < 1.29 is 4.79 Å². The molecule has 7 heteroatoms. The molecule has 152 valence electrons. The van der Waals surface area contributed by atoms with Gasteiger partial charge in [0.05, 0.1) is 18.2 Å². The SMILES string of the molecule is C=CCn1c(SCC(=O)N(CCC#N)c2ccc(C)cc2)nnc1-c1ccccc1. The quantitative estimate of drug-likeness (QED) is 0.379. The molecule has 1 amide bonds. The predicted octanol–water partition coefficient (Wildman–Crippen LogP) is 4.48. The molecule has 1 heterocycles. The predicted molar refractivity (Wildman–Crippen MR) is 120 cm³/mol. The Morgan fingerprint density at radius 3 is 2.60 bits per heavy atom. The Bertz CT molecular complexity index is 1040. The number of amides is 1. The van der Waals surface area contributed by atoms with Crippen LogP contribution in [0.5, 0.6) is 0 Å². The second-order valence-electron chi connectivity index (χ2n) is 6.65. The first-order valence-electron chi connectivity index (χ1n) is 9.60. The van der Waals surface area contributed by atoms with E-state index in [0.29, 0.717) is 18.2 Å². The lowest BCUT2D eigenvalue weighted by Crippen LogP contribution is -2.33. The van der Waals surface area contributed by atoms with E-state index in [1.807, 2.05) is 66.1 Å². The zero-order chi connectivity index (χ0) is 21.3. The van der Waals surface area contributed by atoms with Gasteiger partial charge in [-0.3, -0.25) is 9.36 Å². The summed E-state index contributed by atoms with van der Waals surface area (Å²) in [6, 6.07) is 19.7. The minimum absolute atomic E-state index is 0.0754. The maximum Gasteiger partial charge on any atom is 0.237 e. The van der Waals surface area contributed by atoms with Crippen LogP contribution in [-0.2, 0) is 11.3 Å². The number of nitrogens with zero attached hydrogens (tertiary/aromatic N) is 5. The van der Waals surface area contributed by atoms with Crippen molar-refractivity contribution in [3.63, 3.8) is 0 Å². The van der Waals surface area contributed by atoms with Gasteiger partial charge in [0, 0.05) is 24.3 Å². The number of nitriles is 1. The molecule has 0 aliphatic carbocycles. The number of anilines is 1. The molecular formula is C23H23N5OS. The number of carbonyl (C=O) groups excluding carboxylic acids is 1. The van der Waals surface area contributed by atoms with Crippen molar-refractivity contribution in [1.29, 1.82) is 5.26 Å². The van der Waals surface area contributed by atoms with E-state index < -0.39 is 0 Å². The summed E-state index contributed by atoms with van der Waals surface area (Å²) in [6.45, 7) is 6.72. The highest BCUT2D eigenvalue weighted by Crippen LogP contribution is 2.25. The summed E-state index contributed by atoms with van der Waals surface area (Å²) in [7, 11) is 0. The first kappa shape index (κ1) is 21.3. The van der Waals surface area contributed by atoms with Gasteiger partial charge in [-0.2, -0.15) is 5.26 Å². The van der Waals surface area contributed by atoms with E-state index in [-0.39, 0.29) is 18.1 Å². The van der Waals surface area contributed by atoms with Crippen molar-refractivity contribution in [2.75, 3.05) is 17.2 Å². The van der Waals surface area contributed by atoms with Crippen LogP contribution in [0.15, 0.2) is 72.4 Å². The molecule has 2 aromatic carbocycles. The van der Waals surface area contributed by atoms with E-state index in [1.165, 1.54) is 11.8 Å². The fraction of sp³-hybridized carbons (Fsp3) is 0.217. The van der Waals surface area contributed by atoms with Crippen molar-refractivity contribution >= 4 is 23.4 Å². The van der Waals surface area contributed by atoms with Crippen molar-refractivity contribution in [3.8, 4) is 17.5 Å². The molecule has 0 saturated heterocycles. The summed E-state index contributed by atoms with van der Waals surface area (Å²) < 4.78 is 1.95. The highest BCUT2D eigenvalue weighted by molar-refractivity contribution is 7.99. The Kier molecular flexibility index (Phi) is 7.41. The molecule has 0 bridgehead atoms. The number of allylic oxidation sites excluding steroid dienone is 1. The summed E-state index contributed by atoms with van der Waals surface area (Å²) in [4.78, 5) is 14.6. The second kappa shape index (κ2) is 10.4. The van der Waals surface area contributed by atoms with Crippen LogP contribution < -0.4 is 4.90 Å². The monoisotopic (exact) mass is 417 g/mol.